The summed E-state index contributed by atoms with van der Waals surface area (Å²) in [6.45, 7) is 5.46. The van der Waals surface area contributed by atoms with Gasteiger partial charge in [0.15, 0.2) is 5.78 Å². The predicted molar refractivity (Wildman–Crippen MR) is 140 cm³/mol. The summed E-state index contributed by atoms with van der Waals surface area (Å²) < 4.78 is 7.65. The average molecular weight is 499 g/mol. The Morgan fingerprint density at radius 2 is 1.92 bits per heavy atom. The van der Waals surface area contributed by atoms with Crippen molar-refractivity contribution in [2.24, 2.45) is 12.8 Å². The van der Waals surface area contributed by atoms with Gasteiger partial charge < -0.3 is 15.6 Å². The molecule has 0 spiro atoms. The second kappa shape index (κ2) is 8.81. The molecule has 3 heterocycles. The minimum atomic E-state index is -1.44. The topological polar surface area (TPSA) is 120 Å². The summed E-state index contributed by atoms with van der Waals surface area (Å²) in [5.41, 5.74) is 8.02. The molecule has 0 fully saturated rings. The van der Waals surface area contributed by atoms with Gasteiger partial charge >= 0.3 is 0 Å². The monoisotopic (exact) mass is 498 g/mol. The lowest BCUT2D eigenvalue weighted by atomic mass is 9.81. The standard InChI is InChI=1S/C29H30N4O4/c1-17-5-7-18(8-6-17)25-26-21(28(2,16-37-26)27(30)35)14-24(31-25)29(3,36)12-11-23(34)19-9-10-22-20(13-19)15-33(4)32-22/h5-10,13-15,36H,11-12,16H2,1-4H3,(H2,30,35)/t28-,29-/m0/s1. The number of ketones is 1. The van der Waals surface area contributed by atoms with Gasteiger partial charge in [-0.05, 0) is 51.5 Å². The fourth-order valence-electron chi connectivity index (χ4n) is 4.72. The van der Waals surface area contributed by atoms with Crippen molar-refractivity contribution in [1.29, 1.82) is 0 Å². The lowest BCUT2D eigenvalue weighted by Crippen LogP contribution is -2.40. The van der Waals surface area contributed by atoms with E-state index in [2.05, 4.69) is 5.10 Å². The smallest absolute Gasteiger partial charge is 0.231 e. The van der Waals surface area contributed by atoms with Crippen molar-refractivity contribution in [3.63, 3.8) is 0 Å². The van der Waals surface area contributed by atoms with Crippen molar-refractivity contribution in [3.05, 3.63) is 77.1 Å². The molecule has 2 aromatic carbocycles. The number of hydrogen-bond donors (Lipinski definition) is 2. The van der Waals surface area contributed by atoms with Crippen LogP contribution in [0.3, 0.4) is 0 Å². The second-order valence-corrected chi connectivity index (χ2v) is 10.4. The highest BCUT2D eigenvalue weighted by Gasteiger charge is 2.45. The van der Waals surface area contributed by atoms with Gasteiger partial charge in [0.25, 0.3) is 0 Å². The van der Waals surface area contributed by atoms with E-state index in [1.165, 1.54) is 0 Å². The van der Waals surface area contributed by atoms with Gasteiger partial charge in [0.2, 0.25) is 5.91 Å². The van der Waals surface area contributed by atoms with Crippen LogP contribution in [0.5, 0.6) is 5.75 Å². The van der Waals surface area contributed by atoms with Crippen molar-refractivity contribution in [2.75, 3.05) is 6.61 Å². The highest BCUT2D eigenvalue weighted by atomic mass is 16.5. The van der Waals surface area contributed by atoms with Crippen molar-refractivity contribution in [1.82, 2.24) is 14.8 Å². The molecule has 1 aliphatic heterocycles. The lowest BCUT2D eigenvalue weighted by Gasteiger charge is -2.26. The molecular formula is C29H30N4O4. The van der Waals surface area contributed by atoms with Crippen LogP contribution in [0, 0.1) is 6.92 Å². The number of pyridine rings is 1. The number of primary amides is 1. The number of fused-ring (bicyclic) bond motifs is 2. The third-order valence-electron chi connectivity index (χ3n) is 7.27. The van der Waals surface area contributed by atoms with Crippen LogP contribution in [0.25, 0.3) is 22.2 Å². The molecule has 8 heteroatoms. The maximum absolute atomic E-state index is 13.0. The summed E-state index contributed by atoms with van der Waals surface area (Å²) in [6.07, 6.45) is 2.12. The Kier molecular flexibility index (Phi) is 5.87. The van der Waals surface area contributed by atoms with Crippen molar-refractivity contribution < 1.29 is 19.4 Å². The van der Waals surface area contributed by atoms with Gasteiger partial charge in [-0.25, -0.2) is 4.98 Å². The fourth-order valence-corrected chi connectivity index (χ4v) is 4.72. The predicted octanol–water partition coefficient (Wildman–Crippen LogP) is 3.95. The number of aliphatic hydroxyl groups is 1. The van der Waals surface area contributed by atoms with E-state index in [0.717, 1.165) is 22.0 Å². The number of hydrogen-bond acceptors (Lipinski definition) is 6. The van der Waals surface area contributed by atoms with E-state index in [1.807, 2.05) is 56.6 Å². The number of ether oxygens (including phenoxy) is 1. The van der Waals surface area contributed by atoms with Gasteiger partial charge in [0, 0.05) is 41.7 Å². The molecule has 0 saturated carbocycles. The minimum Gasteiger partial charge on any atom is -0.489 e. The molecule has 4 aromatic rings. The van der Waals surface area contributed by atoms with Gasteiger partial charge in [-0.1, -0.05) is 29.8 Å². The first-order chi connectivity index (χ1) is 17.5. The van der Waals surface area contributed by atoms with E-state index in [9.17, 15) is 14.7 Å². The Labute approximate surface area is 215 Å². The number of rotatable bonds is 7. The summed E-state index contributed by atoms with van der Waals surface area (Å²) in [5, 5.41) is 16.8. The lowest BCUT2D eigenvalue weighted by molar-refractivity contribution is -0.123. The van der Waals surface area contributed by atoms with Crippen molar-refractivity contribution in [2.45, 2.75) is 44.6 Å². The average Bonchev–Trinajstić information content (AvgIpc) is 3.41. The molecule has 3 N–H and O–H groups in total. The highest BCUT2D eigenvalue weighted by molar-refractivity contribution is 5.99. The van der Waals surface area contributed by atoms with E-state index < -0.39 is 16.9 Å². The first-order valence-electron chi connectivity index (χ1n) is 12.2. The summed E-state index contributed by atoms with van der Waals surface area (Å²) in [4.78, 5) is 30.2. The van der Waals surface area contributed by atoms with Crippen molar-refractivity contribution in [3.8, 4) is 17.0 Å². The van der Waals surface area contributed by atoms with Gasteiger partial charge in [-0.3, -0.25) is 14.3 Å². The number of amides is 1. The second-order valence-electron chi connectivity index (χ2n) is 10.4. The van der Waals surface area contributed by atoms with Crippen LogP contribution in [0.15, 0.2) is 54.7 Å². The number of Topliss-reactive ketones (excluding diaryl/α,β-unsaturated/α-hetero) is 1. The number of carbonyl (C=O) groups is 2. The Morgan fingerprint density at radius 3 is 2.62 bits per heavy atom. The van der Waals surface area contributed by atoms with Crippen LogP contribution >= 0.6 is 0 Å². The first-order valence-corrected chi connectivity index (χ1v) is 12.2. The summed E-state index contributed by atoms with van der Waals surface area (Å²) >= 11 is 0. The quantitative estimate of drug-likeness (QED) is 0.372. The molecule has 5 rings (SSSR count). The molecule has 1 amide bonds. The third-order valence-corrected chi connectivity index (χ3v) is 7.27. The zero-order valence-electron chi connectivity index (χ0n) is 21.4. The normalized spacial score (nSPS) is 18.3. The van der Waals surface area contributed by atoms with E-state index in [-0.39, 0.29) is 25.2 Å². The van der Waals surface area contributed by atoms with E-state index >= 15 is 0 Å². The van der Waals surface area contributed by atoms with Crippen LogP contribution in [0.1, 0.15) is 53.9 Å². The molecular weight excluding hydrogens is 468 g/mol. The first kappa shape index (κ1) is 24.6. The zero-order valence-corrected chi connectivity index (χ0v) is 21.4. The van der Waals surface area contributed by atoms with Gasteiger partial charge in [0.05, 0.1) is 11.2 Å². The summed E-state index contributed by atoms with van der Waals surface area (Å²) in [7, 11) is 1.83. The van der Waals surface area contributed by atoms with Crippen LogP contribution in [0.4, 0.5) is 0 Å². The number of carbonyl (C=O) groups excluding carboxylic acids is 2. The maximum Gasteiger partial charge on any atom is 0.231 e. The number of aryl methyl sites for hydroxylation is 2. The molecule has 2 aromatic heterocycles. The molecule has 0 radical (unpaired) electrons. The molecule has 0 bridgehead atoms. The number of nitrogens with zero attached hydrogens (tertiary/aromatic N) is 3. The Hall–Kier alpha value is -4.04. The van der Waals surface area contributed by atoms with Gasteiger partial charge in [0.1, 0.15) is 29.1 Å². The molecule has 1 aliphatic rings. The maximum atomic E-state index is 13.0. The molecule has 0 unspecified atom stereocenters. The van der Waals surface area contributed by atoms with Crippen LogP contribution in [0.2, 0.25) is 0 Å². The van der Waals surface area contributed by atoms with E-state index in [4.69, 9.17) is 15.5 Å². The van der Waals surface area contributed by atoms with E-state index in [0.29, 0.717) is 28.3 Å². The molecule has 37 heavy (non-hydrogen) atoms. The molecule has 0 aliphatic carbocycles. The Morgan fingerprint density at radius 1 is 1.19 bits per heavy atom. The van der Waals surface area contributed by atoms with E-state index in [1.54, 1.807) is 30.7 Å². The minimum absolute atomic E-state index is 0.0868. The largest absolute Gasteiger partial charge is 0.489 e. The molecule has 0 saturated heterocycles. The molecule has 8 nitrogen and oxygen atoms in total. The SMILES string of the molecule is Cc1ccc(-c2nc([C@@](C)(O)CCC(=O)c3ccc4nn(C)cc4c3)cc3c2OC[C@]3(C)C(N)=O)cc1. The van der Waals surface area contributed by atoms with Crippen LogP contribution in [-0.4, -0.2) is 38.2 Å². The highest BCUT2D eigenvalue weighted by Crippen LogP contribution is 2.46. The third kappa shape index (κ3) is 4.38. The molecule has 190 valence electrons. The van der Waals surface area contributed by atoms with Crippen LogP contribution < -0.4 is 10.5 Å². The zero-order chi connectivity index (χ0) is 26.5. The summed E-state index contributed by atoms with van der Waals surface area (Å²) in [6, 6.07) is 14.9. The number of benzene rings is 2. The Balaban J connectivity index is 1.49. The van der Waals surface area contributed by atoms with Gasteiger partial charge in [-0.2, -0.15) is 5.10 Å². The fraction of sp³-hybridized carbons (Fsp3) is 0.310. The molecule has 2 atom stereocenters. The Bertz CT molecular complexity index is 1540. The van der Waals surface area contributed by atoms with Gasteiger partial charge in [-0.15, -0.1) is 0 Å². The number of nitrogens with two attached hydrogens (primary N) is 1. The number of aromatic nitrogens is 3. The van der Waals surface area contributed by atoms with Crippen molar-refractivity contribution >= 4 is 22.6 Å². The summed E-state index contributed by atoms with van der Waals surface area (Å²) in [5.74, 6) is -0.110. The van der Waals surface area contributed by atoms with Crippen LogP contribution in [-0.2, 0) is 22.9 Å².